The van der Waals surface area contributed by atoms with E-state index < -0.39 is 36.3 Å². The van der Waals surface area contributed by atoms with Crippen LogP contribution in [0.3, 0.4) is 0 Å². The SMILES string of the molecule is CONC(=O)Cc1ccc(-c2sc(N(Cc3c(F)cccc3F)C(=O)OC(C)C)c(C(=O)Nc3ccc(OC)nn3)c2CN(C)C)cc1. The minimum Gasteiger partial charge on any atom is -0.480 e. The number of anilines is 2. The van der Waals surface area contributed by atoms with Gasteiger partial charge in [-0.2, -0.15) is 0 Å². The standard InChI is InChI=1S/C33H36F2N6O6S/c1-19(2)47-33(44)41(18-22-24(34)8-7-9-25(22)35)32-29(31(43)36-26-14-15-28(45-5)38-37-26)23(17-40(3)4)30(48-32)21-12-10-20(11-13-21)16-27(42)39-46-6/h7-15,19H,16-18H2,1-6H3,(H,39,42)(H,36,37,43). The van der Waals surface area contributed by atoms with E-state index in [9.17, 15) is 23.2 Å². The fraction of sp³-hybridized carbons (Fsp3) is 0.303. The van der Waals surface area contributed by atoms with Crippen LogP contribution in [0, 0.1) is 11.6 Å². The minimum absolute atomic E-state index is 0.0634. The van der Waals surface area contributed by atoms with Crippen LogP contribution in [0.1, 0.15) is 40.9 Å². The van der Waals surface area contributed by atoms with Crippen molar-refractivity contribution in [3.8, 4) is 16.3 Å². The van der Waals surface area contributed by atoms with E-state index in [0.717, 1.165) is 28.4 Å². The van der Waals surface area contributed by atoms with E-state index in [1.807, 2.05) is 19.0 Å². The number of carbonyl (C=O) groups is 3. The van der Waals surface area contributed by atoms with Gasteiger partial charge >= 0.3 is 6.09 Å². The molecule has 0 fully saturated rings. The van der Waals surface area contributed by atoms with Crippen LogP contribution in [0.4, 0.5) is 24.4 Å². The Labute approximate surface area is 280 Å². The lowest BCUT2D eigenvalue weighted by Gasteiger charge is -2.24. The Bertz CT molecular complexity index is 1730. The maximum absolute atomic E-state index is 15.0. The van der Waals surface area contributed by atoms with E-state index in [4.69, 9.17) is 14.3 Å². The number of hydrogen-bond acceptors (Lipinski definition) is 10. The molecule has 48 heavy (non-hydrogen) atoms. The number of thiophene rings is 1. The molecule has 0 saturated heterocycles. The molecule has 12 nitrogen and oxygen atoms in total. The lowest BCUT2D eigenvalue weighted by Crippen LogP contribution is -2.34. The number of rotatable bonds is 13. The van der Waals surface area contributed by atoms with Gasteiger partial charge < -0.3 is 19.7 Å². The summed E-state index contributed by atoms with van der Waals surface area (Å²) < 4.78 is 40.6. The lowest BCUT2D eigenvalue weighted by molar-refractivity contribution is -0.130. The van der Waals surface area contributed by atoms with Gasteiger partial charge in [0.05, 0.1) is 38.9 Å². The maximum Gasteiger partial charge on any atom is 0.415 e. The fourth-order valence-electron chi connectivity index (χ4n) is 4.69. The first-order valence-corrected chi connectivity index (χ1v) is 15.5. The zero-order valence-corrected chi connectivity index (χ0v) is 28.1. The van der Waals surface area contributed by atoms with Crippen molar-refractivity contribution in [3.63, 3.8) is 0 Å². The van der Waals surface area contributed by atoms with Gasteiger partial charge in [-0.3, -0.25) is 19.3 Å². The van der Waals surface area contributed by atoms with Crippen molar-refractivity contribution in [2.75, 3.05) is 38.5 Å². The number of hydrogen-bond donors (Lipinski definition) is 2. The fourth-order valence-corrected chi connectivity index (χ4v) is 5.99. The number of halogens is 2. The molecule has 0 aliphatic carbocycles. The average Bonchev–Trinajstić information content (AvgIpc) is 3.39. The Morgan fingerprint density at radius 1 is 0.917 bits per heavy atom. The topological polar surface area (TPSA) is 135 Å². The van der Waals surface area contributed by atoms with Crippen LogP contribution in [-0.2, 0) is 33.9 Å². The first-order valence-electron chi connectivity index (χ1n) is 14.7. The molecule has 0 spiro atoms. The summed E-state index contributed by atoms with van der Waals surface area (Å²) in [5.41, 5.74) is 3.87. The van der Waals surface area contributed by atoms with E-state index in [-0.39, 0.29) is 46.7 Å². The predicted molar refractivity (Wildman–Crippen MR) is 177 cm³/mol. The summed E-state index contributed by atoms with van der Waals surface area (Å²) in [6.45, 7) is 2.95. The second-order valence-electron chi connectivity index (χ2n) is 11.1. The van der Waals surface area contributed by atoms with Crippen molar-refractivity contribution in [1.29, 1.82) is 0 Å². The van der Waals surface area contributed by atoms with Crippen LogP contribution < -0.4 is 20.4 Å². The molecule has 2 heterocycles. The van der Waals surface area contributed by atoms with Crippen molar-refractivity contribution in [2.45, 2.75) is 39.5 Å². The average molecular weight is 683 g/mol. The number of aromatic nitrogens is 2. The molecule has 254 valence electrons. The van der Waals surface area contributed by atoms with Gasteiger partial charge in [-0.15, -0.1) is 21.5 Å². The monoisotopic (exact) mass is 682 g/mol. The van der Waals surface area contributed by atoms with E-state index in [2.05, 4.69) is 21.0 Å². The van der Waals surface area contributed by atoms with Gasteiger partial charge in [0.15, 0.2) is 5.82 Å². The number of ether oxygens (including phenoxy) is 2. The number of nitrogens with one attached hydrogen (secondary N) is 2. The number of methoxy groups -OCH3 is 1. The molecule has 0 unspecified atom stereocenters. The van der Waals surface area contributed by atoms with Crippen LogP contribution in [0.5, 0.6) is 5.88 Å². The summed E-state index contributed by atoms with van der Waals surface area (Å²) in [6, 6.07) is 13.5. The van der Waals surface area contributed by atoms with Crippen molar-refractivity contribution >= 4 is 40.1 Å². The highest BCUT2D eigenvalue weighted by molar-refractivity contribution is 7.20. The van der Waals surface area contributed by atoms with E-state index in [0.29, 0.717) is 21.6 Å². The summed E-state index contributed by atoms with van der Waals surface area (Å²) in [6.07, 6.45) is -1.43. The third kappa shape index (κ3) is 8.87. The first kappa shape index (κ1) is 35.9. The molecule has 2 N–H and O–H groups in total. The van der Waals surface area contributed by atoms with Gasteiger partial charge in [0, 0.05) is 23.1 Å². The Morgan fingerprint density at radius 2 is 1.60 bits per heavy atom. The van der Waals surface area contributed by atoms with Crippen molar-refractivity contribution < 1.29 is 37.5 Å². The first-order chi connectivity index (χ1) is 22.9. The van der Waals surface area contributed by atoms with Crippen molar-refractivity contribution in [2.24, 2.45) is 0 Å². The van der Waals surface area contributed by atoms with E-state index in [1.165, 1.54) is 32.4 Å². The molecule has 4 aromatic rings. The molecule has 2 aromatic carbocycles. The summed E-state index contributed by atoms with van der Waals surface area (Å²) >= 11 is 1.09. The Kier molecular flexibility index (Phi) is 12.1. The predicted octanol–water partition coefficient (Wildman–Crippen LogP) is 5.58. The quantitative estimate of drug-likeness (QED) is 0.173. The van der Waals surface area contributed by atoms with Gasteiger partial charge in [0.1, 0.15) is 16.6 Å². The number of nitrogens with zero attached hydrogens (tertiary/aromatic N) is 4. The third-order valence-corrected chi connectivity index (χ3v) is 8.06. The zero-order chi connectivity index (χ0) is 35.0. The molecule has 4 rings (SSSR count). The number of benzene rings is 2. The molecular formula is C33H36F2N6O6S. The summed E-state index contributed by atoms with van der Waals surface area (Å²) in [7, 11) is 6.40. The molecule has 0 aliphatic rings. The van der Waals surface area contributed by atoms with Gasteiger partial charge in [0.25, 0.3) is 5.91 Å². The summed E-state index contributed by atoms with van der Waals surface area (Å²) in [5, 5.41) is 10.7. The van der Waals surface area contributed by atoms with Crippen LogP contribution in [0.25, 0.3) is 10.4 Å². The maximum atomic E-state index is 15.0. The van der Waals surface area contributed by atoms with Crippen LogP contribution in [-0.4, -0.2) is 67.4 Å². The van der Waals surface area contributed by atoms with Crippen molar-refractivity contribution in [1.82, 2.24) is 20.6 Å². The number of carbonyl (C=O) groups excluding carboxylic acids is 3. The highest BCUT2D eigenvalue weighted by Gasteiger charge is 2.33. The number of hydroxylamine groups is 1. The third-order valence-electron chi connectivity index (χ3n) is 6.76. The van der Waals surface area contributed by atoms with Gasteiger partial charge in [0.2, 0.25) is 11.8 Å². The normalized spacial score (nSPS) is 11.0. The van der Waals surface area contributed by atoms with Crippen molar-refractivity contribution in [3.05, 3.63) is 88.5 Å². The van der Waals surface area contributed by atoms with E-state index >= 15 is 0 Å². The van der Waals surface area contributed by atoms with Crippen LogP contribution >= 0.6 is 11.3 Å². The van der Waals surface area contributed by atoms with Gasteiger partial charge in [-0.1, -0.05) is 30.3 Å². The molecule has 0 saturated carbocycles. The summed E-state index contributed by atoms with van der Waals surface area (Å²) in [5.74, 6) is -2.38. The van der Waals surface area contributed by atoms with Gasteiger partial charge in [-0.05, 0) is 62.8 Å². The smallest absolute Gasteiger partial charge is 0.415 e. The molecule has 2 aromatic heterocycles. The Hall–Kier alpha value is -4.99. The second kappa shape index (κ2) is 16.2. The molecule has 0 aliphatic heterocycles. The molecular weight excluding hydrogens is 646 g/mol. The molecule has 0 atom stereocenters. The molecule has 0 radical (unpaired) electrons. The highest BCUT2D eigenvalue weighted by atomic mass is 32.1. The minimum atomic E-state index is -0.908. The highest BCUT2D eigenvalue weighted by Crippen LogP contribution is 2.44. The lowest BCUT2D eigenvalue weighted by atomic mass is 10.0. The van der Waals surface area contributed by atoms with E-state index in [1.54, 1.807) is 38.1 Å². The van der Waals surface area contributed by atoms with Crippen LogP contribution in [0.15, 0.2) is 54.6 Å². The second-order valence-corrected chi connectivity index (χ2v) is 12.1. The zero-order valence-electron chi connectivity index (χ0n) is 27.3. The largest absolute Gasteiger partial charge is 0.480 e. The Balaban J connectivity index is 1.92. The molecule has 15 heteroatoms. The van der Waals surface area contributed by atoms with Crippen LogP contribution in [0.2, 0.25) is 0 Å². The number of amides is 3. The molecule has 3 amide bonds. The summed E-state index contributed by atoms with van der Waals surface area (Å²) in [4.78, 5) is 48.2. The van der Waals surface area contributed by atoms with Gasteiger partial charge in [-0.25, -0.2) is 19.1 Å². The molecule has 0 bridgehead atoms. The Morgan fingerprint density at radius 3 is 2.17 bits per heavy atom.